The number of amides is 1. The Kier molecular flexibility index (Phi) is 3.94. The van der Waals surface area contributed by atoms with E-state index in [9.17, 15) is 4.79 Å². The van der Waals surface area contributed by atoms with Crippen LogP contribution in [0.25, 0.3) is 0 Å². The summed E-state index contributed by atoms with van der Waals surface area (Å²) in [6.45, 7) is 3.57. The molecular weight excluding hydrogens is 298 g/mol. The van der Waals surface area contributed by atoms with Crippen molar-refractivity contribution in [1.29, 1.82) is 0 Å². The van der Waals surface area contributed by atoms with Crippen LogP contribution in [0.15, 0.2) is 39.2 Å². The average Bonchev–Trinajstić information content (AvgIpc) is 2.28. The first-order chi connectivity index (χ1) is 8.08. The zero-order chi connectivity index (χ0) is 12.4. The quantitative estimate of drug-likeness (QED) is 0.621. The van der Waals surface area contributed by atoms with Crippen LogP contribution in [-0.2, 0) is 0 Å². The van der Waals surface area contributed by atoms with Crippen LogP contribution < -0.4 is 0 Å². The van der Waals surface area contributed by atoms with Crippen molar-refractivity contribution in [2.24, 2.45) is 0 Å². The number of rotatable bonds is 1. The Bertz CT molecular complexity index is 484. The Morgan fingerprint density at radius 3 is 2.88 bits per heavy atom. The zero-order valence-electron chi connectivity index (χ0n) is 9.61. The van der Waals surface area contributed by atoms with Crippen molar-refractivity contribution in [2.45, 2.75) is 18.2 Å². The molecule has 0 bridgehead atoms. The van der Waals surface area contributed by atoms with Crippen molar-refractivity contribution < 1.29 is 4.79 Å². The molecule has 1 aliphatic rings. The van der Waals surface area contributed by atoms with Crippen molar-refractivity contribution in [2.75, 3.05) is 13.1 Å². The third-order valence-electron chi connectivity index (χ3n) is 2.81. The minimum atomic E-state index is 0.0648. The molecule has 0 N–H and O–H groups in total. The molecule has 0 aromatic heterocycles. The first kappa shape index (κ1) is 12.7. The third-order valence-corrected chi connectivity index (χ3v) is 3.67. The van der Waals surface area contributed by atoms with E-state index in [1.54, 1.807) is 0 Å². The molecule has 0 atom stereocenters. The summed E-state index contributed by atoms with van der Waals surface area (Å²) in [4.78, 5) is 14.9. The largest absolute Gasteiger partial charge is 0.334 e. The van der Waals surface area contributed by atoms with Crippen molar-refractivity contribution in [3.8, 4) is 0 Å². The second kappa shape index (κ2) is 5.27. The summed E-state index contributed by atoms with van der Waals surface area (Å²) >= 11 is 7.72. The minimum Gasteiger partial charge on any atom is -0.334 e. The fraction of sp³-hybridized carbons (Fsp3) is 0.308. The average molecular weight is 312 g/mol. The van der Waals surface area contributed by atoms with Gasteiger partial charge in [-0.25, -0.2) is 0 Å². The first-order valence-corrected chi connectivity index (χ1v) is 6.75. The summed E-state index contributed by atoms with van der Waals surface area (Å²) in [6.07, 6.45) is 3.13. The van der Waals surface area contributed by atoms with Gasteiger partial charge in [0.2, 0.25) is 0 Å². The molecule has 90 valence electrons. The van der Waals surface area contributed by atoms with Gasteiger partial charge in [-0.2, -0.15) is 0 Å². The molecule has 0 fully saturated rings. The Labute approximate surface area is 115 Å². The van der Waals surface area contributed by atoms with Crippen molar-refractivity contribution in [3.05, 3.63) is 39.9 Å². The second-order valence-corrected chi connectivity index (χ2v) is 5.62. The van der Waals surface area contributed by atoms with Crippen LogP contribution in [-0.4, -0.2) is 23.9 Å². The normalized spacial score (nSPS) is 15.7. The first-order valence-electron chi connectivity index (χ1n) is 5.51. The van der Waals surface area contributed by atoms with E-state index >= 15 is 0 Å². The highest BCUT2D eigenvalue weighted by atomic mass is 79.9. The van der Waals surface area contributed by atoms with Gasteiger partial charge in [-0.1, -0.05) is 27.6 Å². The highest BCUT2D eigenvalue weighted by Gasteiger charge is 2.19. The smallest absolute Gasteiger partial charge is 0.255 e. The lowest BCUT2D eigenvalue weighted by Gasteiger charge is -2.26. The number of carbonyl (C=O) groups excluding carboxylic acids is 1. The predicted molar refractivity (Wildman–Crippen MR) is 75.7 cm³/mol. The van der Waals surface area contributed by atoms with Crippen LogP contribution in [0.1, 0.15) is 23.7 Å². The van der Waals surface area contributed by atoms with Gasteiger partial charge in [0, 0.05) is 22.5 Å². The lowest BCUT2D eigenvalue weighted by molar-refractivity contribution is 0.0762. The molecule has 2 nitrogen and oxygen atoms in total. The second-order valence-electron chi connectivity index (χ2n) is 4.23. The van der Waals surface area contributed by atoms with E-state index in [-0.39, 0.29) is 5.91 Å². The Morgan fingerprint density at radius 2 is 2.24 bits per heavy atom. The van der Waals surface area contributed by atoms with Crippen LogP contribution in [0, 0.1) is 0 Å². The minimum absolute atomic E-state index is 0.0648. The molecule has 4 heteroatoms. The molecule has 0 aliphatic carbocycles. The maximum Gasteiger partial charge on any atom is 0.255 e. The summed E-state index contributed by atoms with van der Waals surface area (Å²) in [6, 6.07) is 5.55. The van der Waals surface area contributed by atoms with Crippen LogP contribution in [0.3, 0.4) is 0 Å². The van der Waals surface area contributed by atoms with Gasteiger partial charge >= 0.3 is 0 Å². The highest BCUT2D eigenvalue weighted by molar-refractivity contribution is 9.10. The van der Waals surface area contributed by atoms with Gasteiger partial charge in [0.1, 0.15) is 0 Å². The number of benzene rings is 1. The summed E-state index contributed by atoms with van der Waals surface area (Å²) < 4.78 is 0.939. The topological polar surface area (TPSA) is 20.3 Å². The Hall–Kier alpha value is -0.740. The van der Waals surface area contributed by atoms with Crippen molar-refractivity contribution in [3.63, 3.8) is 0 Å². The van der Waals surface area contributed by atoms with E-state index in [0.717, 1.165) is 28.9 Å². The van der Waals surface area contributed by atoms with E-state index in [4.69, 9.17) is 0 Å². The number of hydrogen-bond acceptors (Lipinski definition) is 2. The fourth-order valence-electron chi connectivity index (χ4n) is 1.94. The third kappa shape index (κ3) is 2.93. The van der Waals surface area contributed by atoms with E-state index in [1.165, 1.54) is 5.57 Å². The predicted octanol–water partition coefficient (Wildman–Crippen LogP) is 3.53. The van der Waals surface area contributed by atoms with E-state index in [1.807, 2.05) is 23.1 Å². The van der Waals surface area contributed by atoms with E-state index in [0.29, 0.717) is 5.56 Å². The molecule has 1 aliphatic heterocycles. The van der Waals surface area contributed by atoms with Crippen LogP contribution in [0.5, 0.6) is 0 Å². The zero-order valence-corrected chi connectivity index (χ0v) is 12.1. The van der Waals surface area contributed by atoms with E-state index < -0.39 is 0 Å². The molecule has 0 radical (unpaired) electrons. The molecule has 1 heterocycles. The number of thiol groups is 1. The Morgan fingerprint density at radius 1 is 1.47 bits per heavy atom. The number of halogens is 1. The number of nitrogens with zero attached hydrogens (tertiary/aromatic N) is 1. The molecule has 2 rings (SSSR count). The molecule has 1 aromatic rings. The van der Waals surface area contributed by atoms with Gasteiger partial charge in [-0.15, -0.1) is 12.6 Å². The lowest BCUT2D eigenvalue weighted by atomic mass is 10.1. The molecule has 0 spiro atoms. The van der Waals surface area contributed by atoms with Gasteiger partial charge < -0.3 is 4.90 Å². The summed E-state index contributed by atoms with van der Waals surface area (Å²) in [5, 5.41) is 0. The lowest BCUT2D eigenvalue weighted by Crippen LogP contribution is -2.35. The van der Waals surface area contributed by atoms with Gasteiger partial charge in [0.15, 0.2) is 0 Å². The van der Waals surface area contributed by atoms with Gasteiger partial charge in [0.25, 0.3) is 5.91 Å². The standard InChI is InChI=1S/C13H14BrNOS/c1-9-3-2-6-15(8-9)13(16)11-5-4-10(14)7-12(11)17/h3-5,7,17H,2,6,8H2,1H3. The van der Waals surface area contributed by atoms with Crippen molar-refractivity contribution >= 4 is 34.5 Å². The molecule has 1 aromatic carbocycles. The van der Waals surface area contributed by atoms with Gasteiger partial charge in [-0.3, -0.25) is 4.79 Å². The SMILES string of the molecule is CC1=CCCN(C(=O)c2ccc(Br)cc2S)C1. The van der Waals surface area contributed by atoms with Crippen molar-refractivity contribution in [1.82, 2.24) is 4.90 Å². The maximum absolute atomic E-state index is 12.3. The Balaban J connectivity index is 2.22. The summed E-state index contributed by atoms with van der Waals surface area (Å²) in [5.74, 6) is 0.0648. The van der Waals surface area contributed by atoms with Gasteiger partial charge in [-0.05, 0) is 31.5 Å². The van der Waals surface area contributed by atoms with Gasteiger partial charge in [0.05, 0.1) is 5.56 Å². The van der Waals surface area contributed by atoms with Crippen LogP contribution >= 0.6 is 28.6 Å². The molecule has 1 amide bonds. The van der Waals surface area contributed by atoms with Crippen LogP contribution in [0.2, 0.25) is 0 Å². The summed E-state index contributed by atoms with van der Waals surface area (Å²) in [5.41, 5.74) is 1.92. The molecule has 0 saturated carbocycles. The fourth-order valence-corrected chi connectivity index (χ4v) is 2.79. The highest BCUT2D eigenvalue weighted by Crippen LogP contribution is 2.22. The molecular formula is C13H14BrNOS. The van der Waals surface area contributed by atoms with E-state index in [2.05, 4.69) is 41.6 Å². The molecule has 0 saturated heterocycles. The monoisotopic (exact) mass is 311 g/mol. The molecule has 0 unspecified atom stereocenters. The number of hydrogen-bond donors (Lipinski definition) is 1. The summed E-state index contributed by atoms with van der Waals surface area (Å²) in [7, 11) is 0. The molecule has 17 heavy (non-hydrogen) atoms. The maximum atomic E-state index is 12.3. The number of carbonyl (C=O) groups is 1. The van der Waals surface area contributed by atoms with Crippen LogP contribution in [0.4, 0.5) is 0 Å².